The minimum absolute atomic E-state index is 0.00487. The predicted molar refractivity (Wildman–Crippen MR) is 111 cm³/mol. The molecule has 0 aliphatic carbocycles. The summed E-state index contributed by atoms with van der Waals surface area (Å²) in [7, 11) is 0. The molecule has 4 heterocycles. The molecule has 0 radical (unpaired) electrons. The van der Waals surface area contributed by atoms with Crippen molar-refractivity contribution in [2.45, 2.75) is 58.4 Å². The van der Waals surface area contributed by atoms with Crippen molar-refractivity contribution in [2.75, 3.05) is 19.6 Å². The summed E-state index contributed by atoms with van der Waals surface area (Å²) in [5.41, 5.74) is 2.33. The summed E-state index contributed by atoms with van der Waals surface area (Å²) < 4.78 is 0. The molecule has 158 valence electrons. The van der Waals surface area contributed by atoms with Crippen LogP contribution in [0.5, 0.6) is 0 Å². The van der Waals surface area contributed by atoms with E-state index < -0.39 is 0 Å². The maximum atomic E-state index is 13.1. The highest BCUT2D eigenvalue weighted by Crippen LogP contribution is 2.30. The lowest BCUT2D eigenvalue weighted by Gasteiger charge is -2.34. The Morgan fingerprint density at radius 3 is 2.33 bits per heavy atom. The second-order valence-corrected chi connectivity index (χ2v) is 8.13. The van der Waals surface area contributed by atoms with Gasteiger partial charge in [-0.1, -0.05) is 0 Å². The number of hydrogen-bond donors (Lipinski definition) is 0. The van der Waals surface area contributed by atoms with Crippen LogP contribution < -0.4 is 0 Å². The highest BCUT2D eigenvalue weighted by atomic mass is 16.2. The second-order valence-electron chi connectivity index (χ2n) is 8.13. The van der Waals surface area contributed by atoms with E-state index in [1.54, 1.807) is 17.3 Å². The van der Waals surface area contributed by atoms with Gasteiger partial charge in [0.05, 0.1) is 29.2 Å². The van der Waals surface area contributed by atoms with Gasteiger partial charge in [-0.05, 0) is 52.4 Å². The van der Waals surface area contributed by atoms with Crippen LogP contribution in [0.25, 0.3) is 0 Å². The number of likely N-dealkylation sites (tertiary alicyclic amines) is 2. The van der Waals surface area contributed by atoms with E-state index in [-0.39, 0.29) is 17.9 Å². The summed E-state index contributed by atoms with van der Waals surface area (Å²) in [6.45, 7) is 5.91. The lowest BCUT2D eigenvalue weighted by atomic mass is 10.0. The topological polar surface area (TPSA) is 92.2 Å². The average Bonchev–Trinajstić information content (AvgIpc) is 2.79. The fourth-order valence-corrected chi connectivity index (χ4v) is 4.22. The molecule has 2 amide bonds. The quantitative estimate of drug-likeness (QED) is 0.775. The maximum Gasteiger partial charge on any atom is 0.274 e. The van der Waals surface area contributed by atoms with Crippen LogP contribution in [-0.2, 0) is 0 Å². The largest absolute Gasteiger partial charge is 0.339 e. The average molecular weight is 409 g/mol. The van der Waals surface area contributed by atoms with Crippen molar-refractivity contribution >= 4 is 11.8 Å². The smallest absolute Gasteiger partial charge is 0.274 e. The lowest BCUT2D eigenvalue weighted by Crippen LogP contribution is -2.40. The minimum Gasteiger partial charge on any atom is -0.339 e. The Balaban J connectivity index is 1.56. The van der Waals surface area contributed by atoms with Gasteiger partial charge in [-0.15, -0.1) is 0 Å². The zero-order chi connectivity index (χ0) is 21.1. The van der Waals surface area contributed by atoms with E-state index >= 15 is 0 Å². The molecule has 2 aliphatic heterocycles. The van der Waals surface area contributed by atoms with Gasteiger partial charge in [-0.2, -0.15) is 0 Å². The van der Waals surface area contributed by atoms with Crippen LogP contribution in [0.4, 0.5) is 0 Å². The third kappa shape index (κ3) is 4.17. The van der Waals surface area contributed by atoms with E-state index in [0.29, 0.717) is 29.3 Å². The van der Waals surface area contributed by atoms with Crippen molar-refractivity contribution in [1.29, 1.82) is 0 Å². The number of aryl methyl sites for hydroxylation is 2. The number of piperidine rings is 2. The van der Waals surface area contributed by atoms with Crippen LogP contribution in [0, 0.1) is 13.8 Å². The summed E-state index contributed by atoms with van der Waals surface area (Å²) in [5.74, 6) is 0.447. The SMILES string of the molecule is Cc1cnc(C(=O)N2CCCC[C@@H]2c2ncc(C(=O)N3CCCCC3)c(C)n2)cn1. The van der Waals surface area contributed by atoms with Crippen molar-refractivity contribution in [3.05, 3.63) is 47.1 Å². The molecular weight excluding hydrogens is 380 g/mol. The number of nitrogens with zero attached hydrogens (tertiary/aromatic N) is 6. The van der Waals surface area contributed by atoms with Crippen LogP contribution in [0.3, 0.4) is 0 Å². The van der Waals surface area contributed by atoms with Gasteiger partial charge in [-0.25, -0.2) is 15.0 Å². The molecule has 2 aromatic heterocycles. The third-order valence-corrected chi connectivity index (χ3v) is 5.93. The van der Waals surface area contributed by atoms with Gasteiger partial charge in [0.15, 0.2) is 5.82 Å². The van der Waals surface area contributed by atoms with Crippen LogP contribution in [-0.4, -0.2) is 61.2 Å². The van der Waals surface area contributed by atoms with E-state index in [4.69, 9.17) is 0 Å². The van der Waals surface area contributed by atoms with Crippen molar-refractivity contribution in [2.24, 2.45) is 0 Å². The summed E-state index contributed by atoms with van der Waals surface area (Å²) in [6, 6.07) is -0.216. The standard InChI is InChI=1S/C22H28N6O2/c1-15-12-24-18(14-23-15)22(30)28-11-7-4-8-19(28)20-25-13-17(16(2)26-20)21(29)27-9-5-3-6-10-27/h12-14,19H,3-11H2,1-2H3/t19-/m1/s1. The number of rotatable bonds is 3. The Bertz CT molecular complexity index is 924. The van der Waals surface area contributed by atoms with Gasteiger partial charge in [-0.3, -0.25) is 14.6 Å². The second kappa shape index (κ2) is 8.85. The highest BCUT2D eigenvalue weighted by molar-refractivity contribution is 5.95. The molecule has 2 aromatic rings. The zero-order valence-corrected chi connectivity index (χ0v) is 17.7. The minimum atomic E-state index is -0.216. The molecule has 0 bridgehead atoms. The molecule has 0 N–H and O–H groups in total. The zero-order valence-electron chi connectivity index (χ0n) is 17.7. The first-order valence-corrected chi connectivity index (χ1v) is 10.8. The molecule has 0 unspecified atom stereocenters. The first-order valence-electron chi connectivity index (χ1n) is 10.8. The molecule has 2 fully saturated rings. The van der Waals surface area contributed by atoms with Gasteiger partial charge < -0.3 is 9.80 Å². The van der Waals surface area contributed by atoms with Gasteiger partial charge in [0.1, 0.15) is 5.69 Å². The van der Waals surface area contributed by atoms with Gasteiger partial charge >= 0.3 is 0 Å². The molecule has 0 aromatic carbocycles. The normalized spacial score (nSPS) is 19.6. The molecule has 2 aliphatic rings. The van der Waals surface area contributed by atoms with E-state index in [2.05, 4.69) is 19.9 Å². The molecule has 0 saturated carbocycles. The Morgan fingerprint density at radius 1 is 0.867 bits per heavy atom. The van der Waals surface area contributed by atoms with Gasteiger partial charge in [0.2, 0.25) is 0 Å². The summed E-state index contributed by atoms with van der Waals surface area (Å²) in [5, 5.41) is 0. The molecule has 4 rings (SSSR count). The fourth-order valence-electron chi connectivity index (χ4n) is 4.22. The highest BCUT2D eigenvalue weighted by Gasteiger charge is 2.32. The van der Waals surface area contributed by atoms with Crippen molar-refractivity contribution < 1.29 is 9.59 Å². The van der Waals surface area contributed by atoms with E-state index in [0.717, 1.165) is 50.9 Å². The summed E-state index contributed by atoms with van der Waals surface area (Å²) in [6.07, 6.45) is 10.8. The third-order valence-electron chi connectivity index (χ3n) is 5.93. The first kappa shape index (κ1) is 20.4. The number of amides is 2. The van der Waals surface area contributed by atoms with Crippen LogP contribution in [0.2, 0.25) is 0 Å². The molecule has 0 spiro atoms. The van der Waals surface area contributed by atoms with Gasteiger partial charge in [0.25, 0.3) is 11.8 Å². The van der Waals surface area contributed by atoms with Crippen LogP contribution in [0.15, 0.2) is 18.6 Å². The lowest BCUT2D eigenvalue weighted by molar-refractivity contribution is 0.0591. The van der Waals surface area contributed by atoms with E-state index in [9.17, 15) is 9.59 Å². The predicted octanol–water partition coefficient (Wildman–Crippen LogP) is 2.88. The Hall–Kier alpha value is -2.90. The molecule has 2 saturated heterocycles. The first-order chi connectivity index (χ1) is 14.5. The molecule has 8 heteroatoms. The van der Waals surface area contributed by atoms with E-state index in [1.807, 2.05) is 18.7 Å². The maximum absolute atomic E-state index is 13.1. The monoisotopic (exact) mass is 408 g/mol. The van der Waals surface area contributed by atoms with Crippen molar-refractivity contribution in [3.63, 3.8) is 0 Å². The fraction of sp³-hybridized carbons (Fsp3) is 0.545. The summed E-state index contributed by atoms with van der Waals surface area (Å²) >= 11 is 0. The van der Waals surface area contributed by atoms with Gasteiger partial charge in [0, 0.05) is 32.0 Å². The van der Waals surface area contributed by atoms with Crippen molar-refractivity contribution in [3.8, 4) is 0 Å². The summed E-state index contributed by atoms with van der Waals surface area (Å²) in [4.78, 5) is 47.3. The molecular formula is C22H28N6O2. The molecule has 8 nitrogen and oxygen atoms in total. The number of hydrogen-bond acceptors (Lipinski definition) is 6. The number of carbonyl (C=O) groups excluding carboxylic acids is 2. The molecule has 30 heavy (non-hydrogen) atoms. The van der Waals surface area contributed by atoms with Crippen LogP contribution in [0.1, 0.15) is 82.6 Å². The van der Waals surface area contributed by atoms with Crippen LogP contribution >= 0.6 is 0 Å². The Kier molecular flexibility index (Phi) is 6.01. The number of carbonyl (C=O) groups is 2. The Morgan fingerprint density at radius 2 is 1.63 bits per heavy atom. The van der Waals surface area contributed by atoms with E-state index in [1.165, 1.54) is 12.6 Å². The molecule has 1 atom stereocenters. The number of aromatic nitrogens is 4. The Labute approximate surface area is 176 Å². The van der Waals surface area contributed by atoms with Crippen molar-refractivity contribution in [1.82, 2.24) is 29.7 Å².